The van der Waals surface area contributed by atoms with E-state index in [2.05, 4.69) is 46.4 Å². The van der Waals surface area contributed by atoms with Crippen LogP contribution in [0.4, 0.5) is 8.78 Å². The van der Waals surface area contributed by atoms with Gasteiger partial charge in [-0.15, -0.1) is 0 Å². The standard InChI is InChI=1S/C28H34F2N4/c1-2-34(20-23-8-5-12-31-18-23)19-22-7-3-9-24(14-22)27-11-13-32-28(33-27)10-4-6-21-15-25(29)17-26(30)16-21/h3,7,9,11,13-17,23,31H,2,4-6,8,10,12,18-20H2,1H3/t23-/m1/s1. The average Bonchev–Trinajstić information content (AvgIpc) is 2.84. The quantitative estimate of drug-likeness (QED) is 0.435. The first-order chi connectivity index (χ1) is 16.6. The van der Waals surface area contributed by atoms with E-state index in [4.69, 9.17) is 4.98 Å². The highest BCUT2D eigenvalue weighted by Gasteiger charge is 2.16. The second kappa shape index (κ2) is 12.1. The van der Waals surface area contributed by atoms with Crippen LogP contribution in [0, 0.1) is 17.6 Å². The van der Waals surface area contributed by atoms with Crippen LogP contribution >= 0.6 is 0 Å². The molecule has 1 saturated heterocycles. The number of halogens is 2. The molecule has 34 heavy (non-hydrogen) atoms. The van der Waals surface area contributed by atoms with Gasteiger partial charge in [-0.1, -0.05) is 25.1 Å². The Balaban J connectivity index is 1.37. The Bertz CT molecular complexity index is 1050. The molecule has 0 unspecified atom stereocenters. The largest absolute Gasteiger partial charge is 0.316 e. The molecule has 1 aliphatic rings. The Morgan fingerprint density at radius 1 is 1.03 bits per heavy atom. The molecule has 0 spiro atoms. The van der Waals surface area contributed by atoms with Crippen LogP contribution in [-0.4, -0.2) is 41.0 Å². The fraction of sp³-hybridized carbons (Fsp3) is 0.429. The van der Waals surface area contributed by atoms with Crippen LogP contribution in [-0.2, 0) is 19.4 Å². The Morgan fingerprint density at radius 3 is 2.65 bits per heavy atom. The maximum absolute atomic E-state index is 13.4. The van der Waals surface area contributed by atoms with Crippen LogP contribution in [0.5, 0.6) is 0 Å². The van der Waals surface area contributed by atoms with Crippen molar-refractivity contribution in [2.75, 3.05) is 26.2 Å². The molecular weight excluding hydrogens is 430 g/mol. The zero-order valence-electron chi connectivity index (χ0n) is 19.9. The van der Waals surface area contributed by atoms with E-state index < -0.39 is 11.6 Å². The molecule has 2 heterocycles. The average molecular weight is 465 g/mol. The topological polar surface area (TPSA) is 41.1 Å². The lowest BCUT2D eigenvalue weighted by Crippen LogP contribution is -2.38. The predicted molar refractivity (Wildman–Crippen MR) is 132 cm³/mol. The highest BCUT2D eigenvalue weighted by molar-refractivity contribution is 5.59. The summed E-state index contributed by atoms with van der Waals surface area (Å²) < 4.78 is 26.8. The molecule has 1 N–H and O–H groups in total. The van der Waals surface area contributed by atoms with E-state index in [1.54, 1.807) is 6.20 Å². The van der Waals surface area contributed by atoms with Crippen molar-refractivity contribution in [2.45, 2.75) is 45.6 Å². The summed E-state index contributed by atoms with van der Waals surface area (Å²) in [6, 6.07) is 14.2. The van der Waals surface area contributed by atoms with Crippen molar-refractivity contribution < 1.29 is 8.78 Å². The minimum Gasteiger partial charge on any atom is -0.316 e. The van der Waals surface area contributed by atoms with Gasteiger partial charge in [0.2, 0.25) is 0 Å². The third-order valence-corrected chi connectivity index (χ3v) is 6.49. The third-order valence-electron chi connectivity index (χ3n) is 6.49. The SMILES string of the molecule is CCN(Cc1cccc(-c2ccnc(CCCc3cc(F)cc(F)c3)n2)c1)C[C@@H]1CCCNC1. The summed E-state index contributed by atoms with van der Waals surface area (Å²) in [4.78, 5) is 11.7. The van der Waals surface area contributed by atoms with Gasteiger partial charge in [0.05, 0.1) is 5.69 Å². The second-order valence-electron chi connectivity index (χ2n) is 9.23. The van der Waals surface area contributed by atoms with Crippen LogP contribution < -0.4 is 5.32 Å². The highest BCUT2D eigenvalue weighted by Crippen LogP contribution is 2.21. The fourth-order valence-electron chi connectivity index (χ4n) is 4.72. The first-order valence-corrected chi connectivity index (χ1v) is 12.4. The van der Waals surface area contributed by atoms with E-state index in [1.807, 2.05) is 6.07 Å². The molecule has 3 aromatic rings. The number of piperidine rings is 1. The molecule has 0 bridgehead atoms. The molecule has 4 rings (SSSR count). The molecule has 1 fully saturated rings. The fourth-order valence-corrected chi connectivity index (χ4v) is 4.72. The number of rotatable bonds is 10. The van der Waals surface area contributed by atoms with Crippen LogP contribution in [0.1, 0.15) is 43.1 Å². The summed E-state index contributed by atoms with van der Waals surface area (Å²) in [7, 11) is 0. The highest BCUT2D eigenvalue weighted by atomic mass is 19.1. The summed E-state index contributed by atoms with van der Waals surface area (Å²) in [5.41, 5.74) is 3.94. The molecule has 1 aliphatic heterocycles. The third kappa shape index (κ3) is 7.15. The van der Waals surface area contributed by atoms with Crippen LogP contribution in [0.3, 0.4) is 0 Å². The zero-order valence-corrected chi connectivity index (χ0v) is 19.9. The van der Waals surface area contributed by atoms with Gasteiger partial charge >= 0.3 is 0 Å². The maximum atomic E-state index is 13.4. The summed E-state index contributed by atoms with van der Waals surface area (Å²) in [5.74, 6) is 0.403. The summed E-state index contributed by atoms with van der Waals surface area (Å²) in [5, 5.41) is 3.52. The van der Waals surface area contributed by atoms with E-state index >= 15 is 0 Å². The first-order valence-electron chi connectivity index (χ1n) is 12.4. The number of benzene rings is 2. The van der Waals surface area contributed by atoms with Crippen molar-refractivity contribution in [3.05, 3.63) is 83.3 Å². The van der Waals surface area contributed by atoms with Crippen LogP contribution in [0.15, 0.2) is 54.7 Å². The minimum absolute atomic E-state index is 0.537. The molecule has 0 amide bonds. The molecule has 0 aliphatic carbocycles. The normalized spacial score (nSPS) is 16.2. The second-order valence-corrected chi connectivity index (χ2v) is 9.23. The number of aromatic nitrogens is 2. The van der Waals surface area contributed by atoms with E-state index in [1.165, 1.54) is 30.5 Å². The molecule has 2 aromatic carbocycles. The number of hydrogen-bond donors (Lipinski definition) is 1. The number of nitrogens with zero attached hydrogens (tertiary/aromatic N) is 3. The van der Waals surface area contributed by atoms with Gasteiger partial charge in [0, 0.05) is 37.3 Å². The van der Waals surface area contributed by atoms with Crippen molar-refractivity contribution >= 4 is 0 Å². The van der Waals surface area contributed by atoms with E-state index in [0.717, 1.165) is 68.2 Å². The maximum Gasteiger partial charge on any atom is 0.128 e. The molecule has 1 atom stereocenters. The van der Waals surface area contributed by atoms with Crippen LogP contribution in [0.2, 0.25) is 0 Å². The molecular formula is C28H34F2N4. The molecule has 0 radical (unpaired) electrons. The Kier molecular flexibility index (Phi) is 8.72. The first kappa shape index (κ1) is 24.4. The summed E-state index contributed by atoms with van der Waals surface area (Å²) in [6.07, 6.45) is 6.34. The van der Waals surface area contributed by atoms with Crippen molar-refractivity contribution in [1.82, 2.24) is 20.2 Å². The van der Waals surface area contributed by atoms with E-state index in [9.17, 15) is 8.78 Å². The van der Waals surface area contributed by atoms with Gasteiger partial charge in [0.25, 0.3) is 0 Å². The van der Waals surface area contributed by atoms with Crippen molar-refractivity contribution in [3.8, 4) is 11.3 Å². The van der Waals surface area contributed by atoms with E-state index in [-0.39, 0.29) is 0 Å². The van der Waals surface area contributed by atoms with Gasteiger partial charge in [-0.3, -0.25) is 4.90 Å². The molecule has 6 heteroatoms. The number of nitrogens with one attached hydrogen (secondary N) is 1. The smallest absolute Gasteiger partial charge is 0.128 e. The van der Waals surface area contributed by atoms with Gasteiger partial charge in [0.1, 0.15) is 17.5 Å². The van der Waals surface area contributed by atoms with Gasteiger partial charge in [-0.25, -0.2) is 18.7 Å². The van der Waals surface area contributed by atoms with Crippen molar-refractivity contribution in [2.24, 2.45) is 5.92 Å². The molecule has 180 valence electrons. The van der Waals surface area contributed by atoms with Gasteiger partial charge in [0.15, 0.2) is 0 Å². The number of hydrogen-bond acceptors (Lipinski definition) is 4. The Labute approximate surface area is 201 Å². The van der Waals surface area contributed by atoms with E-state index in [0.29, 0.717) is 18.4 Å². The van der Waals surface area contributed by atoms with Crippen molar-refractivity contribution in [3.63, 3.8) is 0 Å². The van der Waals surface area contributed by atoms with Crippen LogP contribution in [0.25, 0.3) is 11.3 Å². The summed E-state index contributed by atoms with van der Waals surface area (Å²) >= 11 is 0. The Morgan fingerprint density at radius 2 is 1.88 bits per heavy atom. The minimum atomic E-state index is -0.537. The lowest BCUT2D eigenvalue weighted by atomic mass is 9.98. The molecule has 0 saturated carbocycles. The zero-order chi connectivity index (χ0) is 23.8. The lowest BCUT2D eigenvalue weighted by molar-refractivity contribution is 0.210. The number of aryl methyl sites for hydroxylation is 2. The molecule has 4 nitrogen and oxygen atoms in total. The monoisotopic (exact) mass is 464 g/mol. The van der Waals surface area contributed by atoms with Gasteiger partial charge in [-0.05, 0) is 86.6 Å². The summed E-state index contributed by atoms with van der Waals surface area (Å²) in [6.45, 7) is 7.59. The lowest BCUT2D eigenvalue weighted by Gasteiger charge is -2.29. The van der Waals surface area contributed by atoms with Crippen molar-refractivity contribution in [1.29, 1.82) is 0 Å². The van der Waals surface area contributed by atoms with Gasteiger partial charge < -0.3 is 5.32 Å². The predicted octanol–water partition coefficient (Wildman–Crippen LogP) is 5.42. The Hall–Kier alpha value is -2.70. The van der Waals surface area contributed by atoms with Gasteiger partial charge in [-0.2, -0.15) is 0 Å². The molecule has 1 aromatic heterocycles.